The molecule has 0 saturated carbocycles. The Balaban J connectivity index is 2.36. The summed E-state index contributed by atoms with van der Waals surface area (Å²) < 4.78 is 10.8. The lowest BCUT2D eigenvalue weighted by atomic mass is 10.2. The highest BCUT2D eigenvalue weighted by Gasteiger charge is 2.08. The molecule has 0 atom stereocenters. The SMILES string of the molecule is CCOC(=O)CNC(=O)COc1ccc(C)cc1Br. The standard InChI is InChI=1S/C13H16BrNO4/c1-3-18-13(17)7-15-12(16)8-19-11-5-4-9(2)6-10(11)14/h4-6H,3,7-8H2,1-2H3,(H,15,16). The smallest absolute Gasteiger partial charge is 0.325 e. The molecule has 0 fully saturated rings. The largest absolute Gasteiger partial charge is 0.483 e. The van der Waals surface area contributed by atoms with Gasteiger partial charge in [-0.1, -0.05) is 6.07 Å². The van der Waals surface area contributed by atoms with E-state index in [-0.39, 0.29) is 19.1 Å². The Morgan fingerprint density at radius 1 is 1.37 bits per heavy atom. The molecular formula is C13H16BrNO4. The van der Waals surface area contributed by atoms with E-state index in [0.29, 0.717) is 12.4 Å². The number of carbonyl (C=O) groups excluding carboxylic acids is 2. The van der Waals surface area contributed by atoms with E-state index in [1.807, 2.05) is 19.1 Å². The number of esters is 1. The summed E-state index contributed by atoms with van der Waals surface area (Å²) in [4.78, 5) is 22.5. The van der Waals surface area contributed by atoms with Crippen LogP contribution < -0.4 is 10.1 Å². The van der Waals surface area contributed by atoms with Crippen LogP contribution in [0.4, 0.5) is 0 Å². The quantitative estimate of drug-likeness (QED) is 0.808. The first-order valence-corrected chi connectivity index (χ1v) is 6.63. The maximum Gasteiger partial charge on any atom is 0.325 e. The fourth-order valence-electron chi connectivity index (χ4n) is 1.30. The molecule has 0 radical (unpaired) electrons. The predicted octanol–water partition coefficient (Wildman–Crippen LogP) is 1.82. The Morgan fingerprint density at radius 2 is 2.11 bits per heavy atom. The van der Waals surface area contributed by atoms with Crippen molar-refractivity contribution in [3.8, 4) is 5.75 Å². The van der Waals surface area contributed by atoms with E-state index in [1.165, 1.54) is 0 Å². The van der Waals surface area contributed by atoms with Gasteiger partial charge in [-0.15, -0.1) is 0 Å². The highest BCUT2D eigenvalue weighted by molar-refractivity contribution is 9.10. The molecule has 1 amide bonds. The highest BCUT2D eigenvalue weighted by atomic mass is 79.9. The van der Waals surface area contributed by atoms with Gasteiger partial charge in [0.05, 0.1) is 11.1 Å². The minimum atomic E-state index is -0.465. The minimum absolute atomic E-state index is 0.148. The number of carbonyl (C=O) groups is 2. The van der Waals surface area contributed by atoms with Crippen LogP contribution in [0.3, 0.4) is 0 Å². The molecule has 104 valence electrons. The maximum absolute atomic E-state index is 11.4. The van der Waals surface area contributed by atoms with E-state index in [2.05, 4.69) is 26.0 Å². The van der Waals surface area contributed by atoms with Crippen LogP contribution in [0.2, 0.25) is 0 Å². The van der Waals surface area contributed by atoms with Crippen molar-refractivity contribution in [2.24, 2.45) is 0 Å². The lowest BCUT2D eigenvalue weighted by Crippen LogP contribution is -2.34. The van der Waals surface area contributed by atoms with Gasteiger partial charge in [0.1, 0.15) is 12.3 Å². The van der Waals surface area contributed by atoms with Crippen LogP contribution >= 0.6 is 15.9 Å². The molecule has 0 spiro atoms. The molecule has 5 nitrogen and oxygen atoms in total. The Morgan fingerprint density at radius 3 is 2.74 bits per heavy atom. The summed E-state index contributed by atoms with van der Waals surface area (Å²) in [6, 6.07) is 5.56. The Hall–Kier alpha value is -1.56. The van der Waals surface area contributed by atoms with Gasteiger partial charge >= 0.3 is 5.97 Å². The summed E-state index contributed by atoms with van der Waals surface area (Å²) in [5, 5.41) is 2.41. The minimum Gasteiger partial charge on any atom is -0.483 e. The van der Waals surface area contributed by atoms with Crippen LogP contribution in [0.25, 0.3) is 0 Å². The molecule has 1 aromatic rings. The van der Waals surface area contributed by atoms with Gasteiger partial charge in [-0.05, 0) is 47.5 Å². The number of benzene rings is 1. The molecule has 0 bridgehead atoms. The van der Waals surface area contributed by atoms with Gasteiger partial charge < -0.3 is 14.8 Å². The molecule has 6 heteroatoms. The number of ether oxygens (including phenoxy) is 2. The number of rotatable bonds is 6. The summed E-state index contributed by atoms with van der Waals surface area (Å²) in [5.41, 5.74) is 1.09. The summed E-state index contributed by atoms with van der Waals surface area (Å²) in [5.74, 6) is -0.259. The Labute approximate surface area is 120 Å². The van der Waals surface area contributed by atoms with E-state index < -0.39 is 5.97 Å². The van der Waals surface area contributed by atoms with Crippen LogP contribution in [0.15, 0.2) is 22.7 Å². The Kier molecular flexibility index (Phi) is 6.35. The normalized spacial score (nSPS) is 9.84. The van der Waals surface area contributed by atoms with E-state index in [1.54, 1.807) is 13.0 Å². The van der Waals surface area contributed by atoms with Crippen LogP contribution in [0.1, 0.15) is 12.5 Å². The maximum atomic E-state index is 11.4. The van der Waals surface area contributed by atoms with Crippen molar-refractivity contribution < 1.29 is 19.1 Å². The van der Waals surface area contributed by atoms with Crippen LogP contribution in [0.5, 0.6) is 5.75 Å². The second-order valence-corrected chi connectivity index (χ2v) is 4.66. The molecule has 1 aromatic carbocycles. The molecule has 0 unspecified atom stereocenters. The average Bonchev–Trinajstić information content (AvgIpc) is 2.35. The van der Waals surface area contributed by atoms with E-state index >= 15 is 0 Å². The predicted molar refractivity (Wildman–Crippen MR) is 74.0 cm³/mol. The number of nitrogens with one attached hydrogen (secondary N) is 1. The molecule has 0 aromatic heterocycles. The van der Waals surface area contributed by atoms with E-state index in [9.17, 15) is 9.59 Å². The summed E-state index contributed by atoms with van der Waals surface area (Å²) in [7, 11) is 0. The summed E-state index contributed by atoms with van der Waals surface area (Å²) in [6.45, 7) is 3.66. The third kappa shape index (κ3) is 5.74. The van der Waals surface area contributed by atoms with Gasteiger partial charge in [0.25, 0.3) is 5.91 Å². The third-order valence-electron chi connectivity index (χ3n) is 2.18. The first-order valence-electron chi connectivity index (χ1n) is 5.84. The molecule has 0 aliphatic heterocycles. The first-order chi connectivity index (χ1) is 9.02. The second-order valence-electron chi connectivity index (χ2n) is 3.80. The zero-order valence-corrected chi connectivity index (χ0v) is 12.5. The van der Waals surface area contributed by atoms with Crippen molar-refractivity contribution in [2.75, 3.05) is 19.8 Å². The number of hydrogen-bond acceptors (Lipinski definition) is 4. The molecule has 19 heavy (non-hydrogen) atoms. The van der Waals surface area contributed by atoms with E-state index in [0.717, 1.165) is 10.0 Å². The van der Waals surface area contributed by atoms with Gasteiger partial charge in [0, 0.05) is 0 Å². The molecule has 0 heterocycles. The average molecular weight is 330 g/mol. The van der Waals surface area contributed by atoms with Crippen molar-refractivity contribution in [3.05, 3.63) is 28.2 Å². The van der Waals surface area contributed by atoms with E-state index in [4.69, 9.17) is 4.74 Å². The lowest BCUT2D eigenvalue weighted by molar-refractivity contribution is -0.143. The van der Waals surface area contributed by atoms with Crippen molar-refractivity contribution in [1.82, 2.24) is 5.32 Å². The second kappa shape index (κ2) is 7.78. The first kappa shape index (κ1) is 15.5. The van der Waals surface area contributed by atoms with Gasteiger partial charge in [-0.25, -0.2) is 0 Å². The zero-order valence-electron chi connectivity index (χ0n) is 10.9. The molecule has 1 N–H and O–H groups in total. The molecule has 0 saturated heterocycles. The number of aryl methyl sites for hydroxylation is 1. The van der Waals surface area contributed by atoms with Gasteiger partial charge in [0.15, 0.2) is 6.61 Å². The number of hydrogen-bond donors (Lipinski definition) is 1. The van der Waals surface area contributed by atoms with Crippen molar-refractivity contribution >= 4 is 27.8 Å². The van der Waals surface area contributed by atoms with Crippen LogP contribution in [-0.4, -0.2) is 31.6 Å². The zero-order chi connectivity index (χ0) is 14.3. The van der Waals surface area contributed by atoms with Crippen molar-refractivity contribution in [1.29, 1.82) is 0 Å². The monoisotopic (exact) mass is 329 g/mol. The highest BCUT2D eigenvalue weighted by Crippen LogP contribution is 2.25. The van der Waals surface area contributed by atoms with Gasteiger partial charge in [-0.2, -0.15) is 0 Å². The molecule has 0 aliphatic rings. The molecular weight excluding hydrogens is 314 g/mol. The topological polar surface area (TPSA) is 64.6 Å². The molecule has 0 aliphatic carbocycles. The van der Waals surface area contributed by atoms with Gasteiger partial charge in [-0.3, -0.25) is 9.59 Å². The fourth-order valence-corrected chi connectivity index (χ4v) is 1.91. The summed E-state index contributed by atoms with van der Waals surface area (Å²) in [6.07, 6.45) is 0. The van der Waals surface area contributed by atoms with Gasteiger partial charge in [0.2, 0.25) is 0 Å². The Bertz CT molecular complexity index is 462. The van der Waals surface area contributed by atoms with Crippen LogP contribution in [-0.2, 0) is 14.3 Å². The number of amides is 1. The number of halogens is 1. The summed E-state index contributed by atoms with van der Waals surface area (Å²) >= 11 is 3.35. The van der Waals surface area contributed by atoms with Crippen molar-refractivity contribution in [2.45, 2.75) is 13.8 Å². The third-order valence-corrected chi connectivity index (χ3v) is 2.80. The van der Waals surface area contributed by atoms with Crippen molar-refractivity contribution in [3.63, 3.8) is 0 Å². The lowest BCUT2D eigenvalue weighted by Gasteiger charge is -2.09. The fraction of sp³-hybridized carbons (Fsp3) is 0.385. The molecule has 1 rings (SSSR count). The van der Waals surface area contributed by atoms with Crippen LogP contribution in [0, 0.1) is 6.92 Å².